The van der Waals surface area contributed by atoms with E-state index in [4.69, 9.17) is 10.00 Å². The number of hydrogen-bond donors (Lipinski definition) is 0. The van der Waals surface area contributed by atoms with Gasteiger partial charge in [0, 0.05) is 12.2 Å². The number of rotatable bonds is 7. The highest BCUT2D eigenvalue weighted by molar-refractivity contribution is 5.49. The van der Waals surface area contributed by atoms with Gasteiger partial charge in [0.15, 0.2) is 0 Å². The summed E-state index contributed by atoms with van der Waals surface area (Å²) in [4.78, 5) is 2.22. The Hall–Kier alpha value is -2.31. The fourth-order valence-corrected chi connectivity index (χ4v) is 2.38. The molecule has 0 heterocycles. The zero-order valence-corrected chi connectivity index (χ0v) is 13.2. The van der Waals surface area contributed by atoms with E-state index in [0.717, 1.165) is 12.2 Å². The van der Waals surface area contributed by atoms with E-state index in [1.165, 1.54) is 11.1 Å². The van der Waals surface area contributed by atoms with E-state index in [2.05, 4.69) is 54.3 Å². The minimum Gasteiger partial charge on any atom is -0.358 e. The molecule has 2 aromatic rings. The molecule has 0 spiro atoms. The third kappa shape index (κ3) is 4.61. The third-order valence-corrected chi connectivity index (χ3v) is 3.54. The highest BCUT2D eigenvalue weighted by atomic mass is 16.5. The maximum Gasteiger partial charge on any atom is 0.127 e. The maximum absolute atomic E-state index is 8.66. The molecule has 0 aliphatic rings. The van der Waals surface area contributed by atoms with E-state index in [1.54, 1.807) is 0 Å². The number of benzene rings is 2. The summed E-state index contributed by atoms with van der Waals surface area (Å²) in [5.74, 6) is 0. The monoisotopic (exact) mass is 294 g/mol. The van der Waals surface area contributed by atoms with E-state index in [0.29, 0.717) is 13.0 Å². The second-order valence-electron chi connectivity index (χ2n) is 5.33. The summed E-state index contributed by atoms with van der Waals surface area (Å²) in [5, 5.41) is 8.66. The van der Waals surface area contributed by atoms with Crippen molar-refractivity contribution < 1.29 is 4.74 Å². The van der Waals surface area contributed by atoms with Crippen LogP contribution in [-0.4, -0.2) is 12.8 Å². The summed E-state index contributed by atoms with van der Waals surface area (Å²) in [6, 6.07) is 20.9. The topological polar surface area (TPSA) is 36.3 Å². The Kier molecular flexibility index (Phi) is 6.00. The zero-order chi connectivity index (χ0) is 15.8. The van der Waals surface area contributed by atoms with Crippen molar-refractivity contribution in [1.82, 2.24) is 0 Å². The van der Waals surface area contributed by atoms with Crippen LogP contribution in [0.1, 0.15) is 24.5 Å². The van der Waals surface area contributed by atoms with Crippen LogP contribution >= 0.6 is 0 Å². The first-order chi connectivity index (χ1) is 10.7. The molecule has 3 nitrogen and oxygen atoms in total. The average Bonchev–Trinajstić information content (AvgIpc) is 2.53. The number of nitriles is 1. The molecule has 0 radical (unpaired) electrons. The van der Waals surface area contributed by atoms with Gasteiger partial charge in [-0.2, -0.15) is 5.26 Å². The van der Waals surface area contributed by atoms with Gasteiger partial charge in [0.1, 0.15) is 6.23 Å². The van der Waals surface area contributed by atoms with E-state index >= 15 is 0 Å². The molecule has 0 bridgehead atoms. The van der Waals surface area contributed by atoms with E-state index < -0.39 is 0 Å². The van der Waals surface area contributed by atoms with E-state index in [9.17, 15) is 0 Å². The fourth-order valence-electron chi connectivity index (χ4n) is 2.38. The molecule has 22 heavy (non-hydrogen) atoms. The minimum atomic E-state index is -0.0876. The van der Waals surface area contributed by atoms with Gasteiger partial charge in [-0.05, 0) is 37.1 Å². The molecule has 0 saturated heterocycles. The summed E-state index contributed by atoms with van der Waals surface area (Å²) in [5.41, 5.74) is 3.59. The van der Waals surface area contributed by atoms with Gasteiger partial charge in [-0.1, -0.05) is 42.5 Å². The maximum atomic E-state index is 8.66. The normalized spacial score (nSPS) is 11.7. The molecule has 3 heteroatoms. The van der Waals surface area contributed by atoms with Crippen molar-refractivity contribution in [3.63, 3.8) is 0 Å². The lowest BCUT2D eigenvalue weighted by molar-refractivity contribution is 0.0663. The Morgan fingerprint density at radius 3 is 2.59 bits per heavy atom. The van der Waals surface area contributed by atoms with Gasteiger partial charge in [0.2, 0.25) is 0 Å². The number of ether oxygens (including phenoxy) is 1. The van der Waals surface area contributed by atoms with Gasteiger partial charge in [-0.25, -0.2) is 0 Å². The molecule has 0 N–H and O–H groups in total. The minimum absolute atomic E-state index is 0.0876. The second-order valence-corrected chi connectivity index (χ2v) is 5.33. The van der Waals surface area contributed by atoms with E-state index in [-0.39, 0.29) is 6.23 Å². The molecule has 0 fully saturated rings. The molecule has 0 aromatic heterocycles. The van der Waals surface area contributed by atoms with Crippen LogP contribution in [0.2, 0.25) is 0 Å². The summed E-state index contributed by atoms with van der Waals surface area (Å²) in [6.45, 7) is 5.35. The standard InChI is InChI=1S/C19H22N2O/c1-16-8-6-11-19(14-16)21(17(2)22-13-7-12-20)15-18-9-4-3-5-10-18/h3-6,8-11,14,17H,7,13,15H2,1-2H3. The Bertz CT molecular complexity index is 619. The van der Waals surface area contributed by atoms with Crippen LogP contribution in [-0.2, 0) is 11.3 Å². The molecular weight excluding hydrogens is 272 g/mol. The van der Waals surface area contributed by atoms with Crippen LogP contribution in [0.5, 0.6) is 0 Å². The Labute approximate surface area is 132 Å². The first kappa shape index (κ1) is 16.1. The van der Waals surface area contributed by atoms with Crippen LogP contribution in [0.15, 0.2) is 54.6 Å². The molecule has 2 rings (SSSR count). The molecule has 2 aromatic carbocycles. The lowest BCUT2D eigenvalue weighted by atomic mass is 10.1. The Balaban J connectivity index is 2.18. The van der Waals surface area contributed by atoms with Gasteiger partial charge in [-0.15, -0.1) is 0 Å². The van der Waals surface area contributed by atoms with E-state index in [1.807, 2.05) is 25.1 Å². The second kappa shape index (κ2) is 8.21. The predicted octanol–water partition coefficient (Wildman–Crippen LogP) is 4.28. The summed E-state index contributed by atoms with van der Waals surface area (Å²) in [7, 11) is 0. The molecule has 0 aliphatic carbocycles. The first-order valence-electron chi connectivity index (χ1n) is 7.56. The molecule has 0 saturated carbocycles. The first-order valence-corrected chi connectivity index (χ1v) is 7.56. The van der Waals surface area contributed by atoms with Crippen LogP contribution in [0.25, 0.3) is 0 Å². The van der Waals surface area contributed by atoms with Gasteiger partial charge in [-0.3, -0.25) is 0 Å². The number of nitrogens with zero attached hydrogens (tertiary/aromatic N) is 2. The SMILES string of the molecule is Cc1cccc(N(Cc2ccccc2)C(C)OCCC#N)c1. The van der Waals surface area contributed by atoms with Gasteiger partial charge in [0.05, 0.1) is 19.1 Å². The lowest BCUT2D eigenvalue weighted by Crippen LogP contribution is -2.35. The number of hydrogen-bond acceptors (Lipinski definition) is 3. The van der Waals surface area contributed by atoms with Crippen molar-refractivity contribution in [2.45, 2.75) is 33.0 Å². The van der Waals surface area contributed by atoms with Crippen LogP contribution in [0.3, 0.4) is 0 Å². The van der Waals surface area contributed by atoms with Crippen molar-refractivity contribution in [2.75, 3.05) is 11.5 Å². The highest BCUT2D eigenvalue weighted by Gasteiger charge is 2.15. The predicted molar refractivity (Wildman–Crippen MR) is 89.4 cm³/mol. The van der Waals surface area contributed by atoms with Crippen molar-refractivity contribution in [3.05, 3.63) is 65.7 Å². The smallest absolute Gasteiger partial charge is 0.127 e. The third-order valence-electron chi connectivity index (χ3n) is 3.54. The van der Waals surface area contributed by atoms with Crippen molar-refractivity contribution in [1.29, 1.82) is 5.26 Å². The summed E-state index contributed by atoms with van der Waals surface area (Å²) < 4.78 is 5.81. The lowest BCUT2D eigenvalue weighted by Gasteiger charge is -2.31. The Morgan fingerprint density at radius 1 is 1.14 bits per heavy atom. The zero-order valence-electron chi connectivity index (χ0n) is 13.2. The van der Waals surface area contributed by atoms with Crippen molar-refractivity contribution in [3.8, 4) is 6.07 Å². The quantitative estimate of drug-likeness (QED) is 0.565. The van der Waals surface area contributed by atoms with Crippen molar-refractivity contribution in [2.24, 2.45) is 0 Å². The van der Waals surface area contributed by atoms with Gasteiger partial charge in [0.25, 0.3) is 0 Å². The van der Waals surface area contributed by atoms with Crippen LogP contribution < -0.4 is 4.90 Å². The fraction of sp³-hybridized carbons (Fsp3) is 0.316. The summed E-state index contributed by atoms with van der Waals surface area (Å²) >= 11 is 0. The number of aryl methyl sites for hydroxylation is 1. The Morgan fingerprint density at radius 2 is 1.91 bits per heavy atom. The molecule has 0 amide bonds. The molecule has 0 aliphatic heterocycles. The van der Waals surface area contributed by atoms with Gasteiger partial charge >= 0.3 is 0 Å². The molecule has 1 atom stereocenters. The number of anilines is 1. The van der Waals surface area contributed by atoms with Crippen LogP contribution in [0, 0.1) is 18.3 Å². The molecule has 114 valence electrons. The summed E-state index contributed by atoms with van der Waals surface area (Å²) in [6.07, 6.45) is 0.326. The van der Waals surface area contributed by atoms with Gasteiger partial charge < -0.3 is 9.64 Å². The average molecular weight is 294 g/mol. The largest absolute Gasteiger partial charge is 0.358 e. The highest BCUT2D eigenvalue weighted by Crippen LogP contribution is 2.22. The molecule has 1 unspecified atom stereocenters. The van der Waals surface area contributed by atoms with Crippen molar-refractivity contribution >= 4 is 5.69 Å². The molecular formula is C19H22N2O. The van der Waals surface area contributed by atoms with Crippen LogP contribution in [0.4, 0.5) is 5.69 Å².